The minimum absolute atomic E-state index is 0.0135. The van der Waals surface area contributed by atoms with E-state index in [0.29, 0.717) is 5.56 Å². The van der Waals surface area contributed by atoms with E-state index in [1.165, 1.54) is 13.3 Å². The molecule has 0 aliphatic rings. The molecule has 1 aromatic carbocycles. The number of benzene rings is 1. The smallest absolute Gasteiger partial charge is 0.305 e. The minimum Gasteiger partial charge on any atom is -0.469 e. The first-order valence-corrected chi connectivity index (χ1v) is 7.03. The van der Waals surface area contributed by atoms with Gasteiger partial charge in [-0.1, -0.05) is 18.2 Å². The Morgan fingerprint density at radius 1 is 1.30 bits per heavy atom. The SMILES string of the molecule is COC(=O)CC[C@H](NC(=O)c1cnc2ccccc2c1)C(N)=O. The van der Waals surface area contributed by atoms with Gasteiger partial charge in [-0.25, -0.2) is 0 Å². The Morgan fingerprint density at radius 3 is 2.74 bits per heavy atom. The van der Waals surface area contributed by atoms with E-state index in [2.05, 4.69) is 15.0 Å². The van der Waals surface area contributed by atoms with Gasteiger partial charge in [0, 0.05) is 18.0 Å². The molecule has 2 aromatic rings. The monoisotopic (exact) mass is 315 g/mol. The van der Waals surface area contributed by atoms with Crippen molar-refractivity contribution in [2.45, 2.75) is 18.9 Å². The minimum atomic E-state index is -0.951. The molecule has 0 bridgehead atoms. The molecule has 0 saturated heterocycles. The van der Waals surface area contributed by atoms with Gasteiger partial charge in [0.2, 0.25) is 5.91 Å². The number of nitrogens with one attached hydrogen (secondary N) is 1. The molecular formula is C16H17N3O4. The van der Waals surface area contributed by atoms with Crippen LogP contribution < -0.4 is 11.1 Å². The second-order valence-electron chi connectivity index (χ2n) is 4.96. The number of aromatic nitrogens is 1. The Bertz CT molecular complexity index is 745. The summed E-state index contributed by atoms with van der Waals surface area (Å²) in [6, 6.07) is 8.09. The van der Waals surface area contributed by atoms with E-state index in [4.69, 9.17) is 5.73 Å². The highest BCUT2D eigenvalue weighted by atomic mass is 16.5. The van der Waals surface area contributed by atoms with Crippen molar-refractivity contribution in [3.8, 4) is 0 Å². The summed E-state index contributed by atoms with van der Waals surface area (Å²) in [5.41, 5.74) is 6.34. The zero-order chi connectivity index (χ0) is 16.8. The molecule has 7 heteroatoms. The molecule has 3 N–H and O–H groups in total. The van der Waals surface area contributed by atoms with E-state index >= 15 is 0 Å². The van der Waals surface area contributed by atoms with Crippen molar-refractivity contribution in [3.63, 3.8) is 0 Å². The number of carbonyl (C=O) groups is 3. The molecule has 0 saturated carbocycles. The number of hydrogen-bond donors (Lipinski definition) is 2. The highest BCUT2D eigenvalue weighted by Crippen LogP contribution is 2.13. The van der Waals surface area contributed by atoms with Crippen LogP contribution in [0.5, 0.6) is 0 Å². The van der Waals surface area contributed by atoms with E-state index in [1.54, 1.807) is 6.07 Å². The number of fused-ring (bicyclic) bond motifs is 1. The van der Waals surface area contributed by atoms with Crippen LogP contribution in [-0.4, -0.2) is 35.9 Å². The molecule has 0 aliphatic heterocycles. The van der Waals surface area contributed by atoms with Crippen LogP contribution in [0.1, 0.15) is 23.2 Å². The highest BCUT2D eigenvalue weighted by molar-refractivity contribution is 5.99. The lowest BCUT2D eigenvalue weighted by molar-refractivity contribution is -0.140. The van der Waals surface area contributed by atoms with Crippen LogP contribution in [0.3, 0.4) is 0 Å². The standard InChI is InChI=1S/C16H17N3O4/c1-23-14(20)7-6-13(15(17)21)19-16(22)11-8-10-4-2-3-5-12(10)18-9-11/h2-5,8-9,13H,6-7H2,1H3,(H2,17,21)(H,19,22)/t13-/m0/s1. The zero-order valence-corrected chi connectivity index (χ0v) is 12.6. The number of hydrogen-bond acceptors (Lipinski definition) is 5. The summed E-state index contributed by atoms with van der Waals surface area (Å²) in [4.78, 5) is 39.0. The second-order valence-corrected chi connectivity index (χ2v) is 4.96. The average molecular weight is 315 g/mol. The molecule has 0 aliphatic carbocycles. The van der Waals surface area contributed by atoms with Gasteiger partial charge in [-0.3, -0.25) is 19.4 Å². The van der Waals surface area contributed by atoms with Gasteiger partial charge in [0.15, 0.2) is 0 Å². The van der Waals surface area contributed by atoms with Crippen molar-refractivity contribution in [1.82, 2.24) is 10.3 Å². The summed E-state index contributed by atoms with van der Waals surface area (Å²) >= 11 is 0. The van der Waals surface area contributed by atoms with E-state index in [-0.39, 0.29) is 12.8 Å². The van der Waals surface area contributed by atoms with Gasteiger partial charge in [0.05, 0.1) is 18.2 Å². The lowest BCUT2D eigenvalue weighted by Crippen LogP contribution is -2.44. The number of pyridine rings is 1. The van der Waals surface area contributed by atoms with Crippen molar-refractivity contribution in [2.24, 2.45) is 5.73 Å². The molecule has 2 amide bonds. The van der Waals surface area contributed by atoms with E-state index in [1.807, 2.05) is 24.3 Å². The summed E-state index contributed by atoms with van der Waals surface area (Å²) < 4.78 is 4.50. The highest BCUT2D eigenvalue weighted by Gasteiger charge is 2.20. The number of amides is 2. The summed E-state index contributed by atoms with van der Waals surface area (Å²) in [6.07, 6.45) is 1.49. The third-order valence-corrected chi connectivity index (χ3v) is 3.37. The third kappa shape index (κ3) is 4.26. The number of esters is 1. The molecule has 1 heterocycles. The summed E-state index contributed by atoms with van der Waals surface area (Å²) in [5, 5.41) is 3.33. The first-order chi connectivity index (χ1) is 11.0. The van der Waals surface area contributed by atoms with Crippen LogP contribution in [0.15, 0.2) is 36.5 Å². The predicted molar refractivity (Wildman–Crippen MR) is 83.4 cm³/mol. The first-order valence-electron chi connectivity index (χ1n) is 7.03. The molecule has 120 valence electrons. The van der Waals surface area contributed by atoms with Gasteiger partial charge < -0.3 is 15.8 Å². The Hall–Kier alpha value is -2.96. The molecule has 0 unspecified atom stereocenters. The van der Waals surface area contributed by atoms with Crippen molar-refractivity contribution in [2.75, 3.05) is 7.11 Å². The quantitative estimate of drug-likeness (QED) is 0.765. The van der Waals surface area contributed by atoms with Gasteiger partial charge >= 0.3 is 5.97 Å². The molecule has 1 atom stereocenters. The number of methoxy groups -OCH3 is 1. The van der Waals surface area contributed by atoms with E-state index in [0.717, 1.165) is 10.9 Å². The molecule has 23 heavy (non-hydrogen) atoms. The maximum Gasteiger partial charge on any atom is 0.305 e. The van der Waals surface area contributed by atoms with Gasteiger partial charge in [0.1, 0.15) is 6.04 Å². The largest absolute Gasteiger partial charge is 0.469 e. The predicted octanol–water partition coefficient (Wildman–Crippen LogP) is 0.772. The van der Waals surface area contributed by atoms with Crippen LogP contribution in [0.2, 0.25) is 0 Å². The fraction of sp³-hybridized carbons (Fsp3) is 0.250. The molecule has 0 fully saturated rings. The lowest BCUT2D eigenvalue weighted by atomic mass is 10.1. The van der Waals surface area contributed by atoms with Crippen LogP contribution in [-0.2, 0) is 14.3 Å². The Labute approximate surface area is 132 Å². The van der Waals surface area contributed by atoms with Crippen molar-refractivity contribution >= 4 is 28.7 Å². The van der Waals surface area contributed by atoms with Crippen LogP contribution in [0.25, 0.3) is 10.9 Å². The lowest BCUT2D eigenvalue weighted by Gasteiger charge is -2.15. The van der Waals surface area contributed by atoms with E-state index < -0.39 is 23.8 Å². The maximum absolute atomic E-state index is 12.2. The molecule has 1 aromatic heterocycles. The number of para-hydroxylation sites is 1. The fourth-order valence-electron chi connectivity index (χ4n) is 2.09. The summed E-state index contributed by atoms with van der Waals surface area (Å²) in [5.74, 6) is -1.66. The number of rotatable bonds is 6. The normalized spacial score (nSPS) is 11.7. The van der Waals surface area contributed by atoms with Gasteiger partial charge in [0.25, 0.3) is 5.91 Å². The van der Waals surface area contributed by atoms with E-state index in [9.17, 15) is 14.4 Å². The zero-order valence-electron chi connectivity index (χ0n) is 12.6. The number of carbonyl (C=O) groups excluding carboxylic acids is 3. The topological polar surface area (TPSA) is 111 Å². The number of nitrogens with zero attached hydrogens (tertiary/aromatic N) is 1. The Morgan fingerprint density at radius 2 is 2.04 bits per heavy atom. The van der Waals surface area contributed by atoms with Crippen molar-refractivity contribution < 1.29 is 19.1 Å². The Balaban J connectivity index is 2.10. The van der Waals surface area contributed by atoms with Crippen LogP contribution in [0.4, 0.5) is 0 Å². The van der Waals surface area contributed by atoms with Gasteiger partial charge in [-0.05, 0) is 18.6 Å². The molecule has 7 nitrogen and oxygen atoms in total. The third-order valence-electron chi connectivity index (χ3n) is 3.37. The Kier molecular flexibility index (Phi) is 5.24. The van der Waals surface area contributed by atoms with Crippen molar-refractivity contribution in [3.05, 3.63) is 42.1 Å². The second kappa shape index (κ2) is 7.35. The van der Waals surface area contributed by atoms with Crippen molar-refractivity contribution in [1.29, 1.82) is 0 Å². The molecular weight excluding hydrogens is 298 g/mol. The fourth-order valence-corrected chi connectivity index (χ4v) is 2.09. The first kappa shape index (κ1) is 16.4. The van der Waals surface area contributed by atoms with Crippen LogP contribution in [0, 0.1) is 0 Å². The summed E-state index contributed by atoms with van der Waals surface area (Å²) in [6.45, 7) is 0. The number of primary amides is 1. The molecule has 0 spiro atoms. The average Bonchev–Trinajstić information content (AvgIpc) is 2.57. The maximum atomic E-state index is 12.2. The molecule has 2 rings (SSSR count). The van der Waals surface area contributed by atoms with Gasteiger partial charge in [-0.15, -0.1) is 0 Å². The summed E-state index contributed by atoms with van der Waals surface area (Å²) in [7, 11) is 1.25. The van der Waals surface area contributed by atoms with Crippen LogP contribution >= 0.6 is 0 Å². The number of nitrogens with two attached hydrogens (primary N) is 1. The number of ether oxygens (including phenoxy) is 1. The van der Waals surface area contributed by atoms with Gasteiger partial charge in [-0.2, -0.15) is 0 Å². The molecule has 0 radical (unpaired) electrons.